The summed E-state index contributed by atoms with van der Waals surface area (Å²) in [5.74, 6) is 0. The smallest absolute Gasteiger partial charge is 0.0181 e. The molecule has 3 rings (SSSR count). The van der Waals surface area contributed by atoms with E-state index in [1.807, 2.05) is 13.8 Å². The molecule has 3 nitrogen and oxygen atoms in total. The van der Waals surface area contributed by atoms with Crippen LogP contribution in [-0.2, 0) is 6.42 Å². The van der Waals surface area contributed by atoms with Gasteiger partial charge in [0, 0.05) is 51.5 Å². The maximum absolute atomic E-state index is 4.50. The molecule has 0 atom stereocenters. The van der Waals surface area contributed by atoms with Gasteiger partial charge in [-0.1, -0.05) is 93.6 Å². The summed E-state index contributed by atoms with van der Waals surface area (Å²) in [5, 5.41) is 0. The third-order valence-corrected chi connectivity index (χ3v) is 7.43. The molecule has 208 valence electrons. The topological polar surface area (TPSA) is 9.72 Å². The van der Waals surface area contributed by atoms with Gasteiger partial charge in [0.1, 0.15) is 0 Å². The van der Waals surface area contributed by atoms with Crippen molar-refractivity contribution in [2.75, 3.05) is 52.9 Å². The van der Waals surface area contributed by atoms with Crippen LogP contribution in [0.3, 0.4) is 0 Å². The highest BCUT2D eigenvalue weighted by atomic mass is 15.3. The summed E-state index contributed by atoms with van der Waals surface area (Å²) in [6.45, 7) is 23.4. The molecule has 38 heavy (non-hydrogen) atoms. The van der Waals surface area contributed by atoms with Gasteiger partial charge in [0.15, 0.2) is 0 Å². The van der Waals surface area contributed by atoms with Crippen molar-refractivity contribution in [2.45, 2.75) is 60.3 Å². The van der Waals surface area contributed by atoms with Crippen LogP contribution in [0.2, 0.25) is 0 Å². The SMILES string of the molecule is C=C(/C(=C/N(C)CCCN1CCN(CCC/C(C)=C/C)CC1)c1cccc(CC)c1)c1ccccc1.CC. The fourth-order valence-corrected chi connectivity index (χ4v) is 4.87. The van der Waals surface area contributed by atoms with E-state index in [2.05, 4.69) is 116 Å². The normalized spacial score (nSPS) is 15.1. The predicted molar refractivity (Wildman–Crippen MR) is 169 cm³/mol. The van der Waals surface area contributed by atoms with Gasteiger partial charge in [-0.3, -0.25) is 0 Å². The van der Waals surface area contributed by atoms with Crippen molar-refractivity contribution in [1.82, 2.24) is 14.7 Å². The molecule has 1 heterocycles. The summed E-state index contributed by atoms with van der Waals surface area (Å²) < 4.78 is 0. The number of nitrogens with zero attached hydrogens (tertiary/aromatic N) is 3. The number of benzene rings is 2. The van der Waals surface area contributed by atoms with Gasteiger partial charge in [-0.05, 0) is 74.9 Å². The number of piperazine rings is 1. The average Bonchev–Trinajstić information content (AvgIpc) is 2.97. The fourth-order valence-electron chi connectivity index (χ4n) is 4.87. The van der Waals surface area contributed by atoms with Gasteiger partial charge >= 0.3 is 0 Å². The Morgan fingerprint density at radius 1 is 0.895 bits per heavy atom. The second-order valence-corrected chi connectivity index (χ2v) is 10.2. The zero-order chi connectivity index (χ0) is 27.8. The van der Waals surface area contributed by atoms with E-state index in [0.29, 0.717) is 0 Å². The van der Waals surface area contributed by atoms with E-state index in [0.717, 1.165) is 18.5 Å². The first-order valence-electron chi connectivity index (χ1n) is 14.8. The Bertz CT molecular complexity index is 997. The summed E-state index contributed by atoms with van der Waals surface area (Å²) in [4.78, 5) is 7.63. The largest absolute Gasteiger partial charge is 0.380 e. The van der Waals surface area contributed by atoms with Crippen molar-refractivity contribution in [3.63, 3.8) is 0 Å². The molecule has 0 saturated carbocycles. The highest BCUT2D eigenvalue weighted by molar-refractivity contribution is 6.03. The Kier molecular flexibility index (Phi) is 14.8. The van der Waals surface area contributed by atoms with Crippen LogP contribution in [-0.4, -0.2) is 67.6 Å². The quantitative estimate of drug-likeness (QED) is 0.198. The molecule has 0 N–H and O–H groups in total. The van der Waals surface area contributed by atoms with Gasteiger partial charge in [-0.15, -0.1) is 0 Å². The molecule has 0 unspecified atom stereocenters. The first-order chi connectivity index (χ1) is 18.5. The Hall–Kier alpha value is -2.62. The summed E-state index contributed by atoms with van der Waals surface area (Å²) in [6, 6.07) is 19.5. The Morgan fingerprint density at radius 3 is 2.11 bits per heavy atom. The van der Waals surface area contributed by atoms with Crippen LogP contribution in [0, 0.1) is 0 Å². The minimum absolute atomic E-state index is 1.04. The van der Waals surface area contributed by atoms with Crippen molar-refractivity contribution >= 4 is 11.1 Å². The lowest BCUT2D eigenvalue weighted by Gasteiger charge is -2.35. The van der Waals surface area contributed by atoms with E-state index in [4.69, 9.17) is 0 Å². The molecule has 0 spiro atoms. The maximum atomic E-state index is 4.50. The number of allylic oxidation sites excluding steroid dienone is 4. The van der Waals surface area contributed by atoms with Crippen molar-refractivity contribution in [3.8, 4) is 0 Å². The van der Waals surface area contributed by atoms with Crippen molar-refractivity contribution < 1.29 is 0 Å². The summed E-state index contributed by atoms with van der Waals surface area (Å²) >= 11 is 0. The van der Waals surface area contributed by atoms with E-state index in [-0.39, 0.29) is 0 Å². The Labute approximate surface area is 234 Å². The molecule has 1 fully saturated rings. The number of hydrogen-bond acceptors (Lipinski definition) is 3. The third kappa shape index (κ3) is 10.6. The van der Waals surface area contributed by atoms with E-state index in [1.54, 1.807) is 0 Å². The first kappa shape index (κ1) is 31.6. The molecule has 0 aromatic heterocycles. The third-order valence-electron chi connectivity index (χ3n) is 7.43. The molecule has 3 heteroatoms. The number of hydrogen-bond donors (Lipinski definition) is 0. The fraction of sp³-hybridized carbons (Fsp3) is 0.486. The van der Waals surface area contributed by atoms with Crippen LogP contribution in [0.1, 0.15) is 70.6 Å². The van der Waals surface area contributed by atoms with E-state index in [1.165, 1.54) is 86.4 Å². The molecule has 0 bridgehead atoms. The van der Waals surface area contributed by atoms with Crippen molar-refractivity contribution in [2.24, 2.45) is 0 Å². The van der Waals surface area contributed by atoms with Crippen LogP contribution in [0.15, 0.2) is 79.0 Å². The van der Waals surface area contributed by atoms with Gasteiger partial charge in [0.2, 0.25) is 0 Å². The van der Waals surface area contributed by atoms with Gasteiger partial charge in [0.25, 0.3) is 0 Å². The predicted octanol–water partition coefficient (Wildman–Crippen LogP) is 8.02. The van der Waals surface area contributed by atoms with Crippen LogP contribution >= 0.6 is 0 Å². The molecular formula is C35H53N3. The zero-order valence-electron chi connectivity index (χ0n) is 25.2. The Balaban J connectivity index is 0.00000247. The molecule has 0 aliphatic carbocycles. The molecule has 1 aliphatic heterocycles. The van der Waals surface area contributed by atoms with Crippen LogP contribution < -0.4 is 0 Å². The molecule has 2 aromatic rings. The molecule has 0 radical (unpaired) electrons. The minimum atomic E-state index is 1.04. The van der Waals surface area contributed by atoms with E-state index in [9.17, 15) is 0 Å². The molecule has 1 saturated heterocycles. The van der Waals surface area contributed by atoms with Gasteiger partial charge in [0.05, 0.1) is 0 Å². The lowest BCUT2D eigenvalue weighted by atomic mass is 9.93. The maximum Gasteiger partial charge on any atom is 0.0181 e. The van der Waals surface area contributed by atoms with E-state index >= 15 is 0 Å². The molecule has 1 aliphatic rings. The minimum Gasteiger partial charge on any atom is -0.380 e. The molecular weight excluding hydrogens is 462 g/mol. The highest BCUT2D eigenvalue weighted by Gasteiger charge is 2.16. The monoisotopic (exact) mass is 515 g/mol. The van der Waals surface area contributed by atoms with Crippen LogP contribution in [0.25, 0.3) is 11.1 Å². The second kappa shape index (κ2) is 17.8. The summed E-state index contributed by atoms with van der Waals surface area (Å²) in [5.41, 5.74) is 7.59. The van der Waals surface area contributed by atoms with Gasteiger partial charge in [-0.2, -0.15) is 0 Å². The van der Waals surface area contributed by atoms with E-state index < -0.39 is 0 Å². The van der Waals surface area contributed by atoms with Crippen LogP contribution in [0.4, 0.5) is 0 Å². The lowest BCUT2D eigenvalue weighted by Crippen LogP contribution is -2.47. The Morgan fingerprint density at radius 2 is 1.50 bits per heavy atom. The standard InChI is InChI=1S/C33H47N3.C2H6/c1-6-28(3)14-12-20-35-22-24-36(25-23-35)21-13-19-34(5)27-33(29(4)31-16-9-8-10-17-31)32-18-11-15-30(7-2)26-32;1-2/h6,8-11,15-18,26-27H,4,7,12-14,19-25H2,1-3,5H3;1-2H3/b28-6+,33-27-;. The first-order valence-corrected chi connectivity index (χ1v) is 14.8. The lowest BCUT2D eigenvalue weighted by molar-refractivity contribution is 0.128. The van der Waals surface area contributed by atoms with Crippen LogP contribution in [0.5, 0.6) is 0 Å². The molecule has 2 aromatic carbocycles. The van der Waals surface area contributed by atoms with Crippen molar-refractivity contribution in [1.29, 1.82) is 0 Å². The summed E-state index contributed by atoms with van der Waals surface area (Å²) in [6.07, 6.45) is 9.27. The summed E-state index contributed by atoms with van der Waals surface area (Å²) in [7, 11) is 2.20. The van der Waals surface area contributed by atoms with Crippen molar-refractivity contribution in [3.05, 3.63) is 95.7 Å². The zero-order valence-corrected chi connectivity index (χ0v) is 25.2. The average molecular weight is 516 g/mol. The van der Waals surface area contributed by atoms with Gasteiger partial charge in [-0.25, -0.2) is 0 Å². The number of rotatable bonds is 13. The number of aryl methyl sites for hydroxylation is 1. The second-order valence-electron chi connectivity index (χ2n) is 10.2. The molecule has 0 amide bonds. The van der Waals surface area contributed by atoms with Gasteiger partial charge < -0.3 is 14.7 Å². The highest BCUT2D eigenvalue weighted by Crippen LogP contribution is 2.30.